The van der Waals surface area contributed by atoms with Crippen molar-refractivity contribution in [3.05, 3.63) is 65.2 Å². The van der Waals surface area contributed by atoms with Crippen LogP contribution in [-0.2, 0) is 4.74 Å². The van der Waals surface area contributed by atoms with Crippen LogP contribution in [0, 0.1) is 0 Å². The molecule has 120 valence electrons. The summed E-state index contributed by atoms with van der Waals surface area (Å²) >= 11 is 6.01. The van der Waals surface area contributed by atoms with Crippen LogP contribution in [0.4, 0.5) is 10.5 Å². The van der Waals surface area contributed by atoms with Gasteiger partial charge < -0.3 is 10.1 Å². The Hall–Kier alpha value is -2.24. The molecule has 0 aliphatic carbocycles. The van der Waals surface area contributed by atoms with Gasteiger partial charge in [0.2, 0.25) is 0 Å². The fourth-order valence-electron chi connectivity index (χ4n) is 2.44. The number of amides is 1. The van der Waals surface area contributed by atoms with E-state index in [1.165, 1.54) is 5.01 Å². The maximum absolute atomic E-state index is 11.7. The van der Waals surface area contributed by atoms with Gasteiger partial charge in [0.25, 0.3) is 0 Å². The molecule has 5 nitrogen and oxygen atoms in total. The van der Waals surface area contributed by atoms with Crippen LogP contribution in [0.1, 0.15) is 11.6 Å². The molecule has 1 aliphatic rings. The summed E-state index contributed by atoms with van der Waals surface area (Å²) in [7, 11) is 0. The summed E-state index contributed by atoms with van der Waals surface area (Å²) in [5.41, 5.74) is 5.25. The third-order valence-electron chi connectivity index (χ3n) is 3.61. The molecule has 0 aromatic heterocycles. The second-order valence-corrected chi connectivity index (χ2v) is 5.69. The molecule has 0 radical (unpaired) electrons. The van der Waals surface area contributed by atoms with E-state index >= 15 is 0 Å². The number of carbonyl (C=O) groups is 1. The second-order valence-electron chi connectivity index (χ2n) is 5.25. The summed E-state index contributed by atoms with van der Waals surface area (Å²) in [5.74, 6) is 0. The Labute approximate surface area is 140 Å². The van der Waals surface area contributed by atoms with Crippen LogP contribution in [-0.4, -0.2) is 30.8 Å². The van der Waals surface area contributed by atoms with Gasteiger partial charge in [0.15, 0.2) is 0 Å². The van der Waals surface area contributed by atoms with Gasteiger partial charge >= 0.3 is 6.09 Å². The van der Waals surface area contributed by atoms with Crippen LogP contribution in [0.2, 0.25) is 5.02 Å². The number of anilines is 1. The lowest BCUT2D eigenvalue weighted by atomic mass is 10.1. The fourth-order valence-corrected chi connectivity index (χ4v) is 2.63. The topological polar surface area (TPSA) is 53.6 Å². The number of nitrogens with zero attached hydrogens (tertiary/aromatic N) is 1. The molecule has 23 heavy (non-hydrogen) atoms. The summed E-state index contributed by atoms with van der Waals surface area (Å²) in [6, 6.07) is 17.5. The molecule has 2 N–H and O–H groups in total. The zero-order chi connectivity index (χ0) is 16.1. The van der Waals surface area contributed by atoms with Crippen molar-refractivity contribution in [2.24, 2.45) is 0 Å². The van der Waals surface area contributed by atoms with Gasteiger partial charge in [-0.3, -0.25) is 0 Å². The highest BCUT2D eigenvalue weighted by Gasteiger charge is 2.25. The van der Waals surface area contributed by atoms with Crippen LogP contribution in [0.15, 0.2) is 54.6 Å². The molecule has 1 atom stereocenters. The van der Waals surface area contributed by atoms with Gasteiger partial charge in [0.1, 0.15) is 6.61 Å². The van der Waals surface area contributed by atoms with Gasteiger partial charge in [-0.1, -0.05) is 48.0 Å². The van der Waals surface area contributed by atoms with E-state index in [0.29, 0.717) is 24.7 Å². The minimum Gasteiger partial charge on any atom is -0.447 e. The molecular formula is C17H18ClN3O2. The number of hydrogen-bond acceptors (Lipinski definition) is 4. The van der Waals surface area contributed by atoms with Crippen molar-refractivity contribution in [3.63, 3.8) is 0 Å². The van der Waals surface area contributed by atoms with Crippen LogP contribution in [0.25, 0.3) is 0 Å². The lowest BCUT2D eigenvalue weighted by Gasteiger charge is -2.25. The zero-order valence-corrected chi connectivity index (χ0v) is 13.3. The lowest BCUT2D eigenvalue weighted by Crippen LogP contribution is -2.43. The summed E-state index contributed by atoms with van der Waals surface area (Å²) < 4.78 is 4.97. The number of nitrogens with one attached hydrogen (secondary N) is 2. The molecule has 6 heteroatoms. The number of benzene rings is 2. The number of carbonyl (C=O) groups excluding carboxylic acids is 1. The average molecular weight is 332 g/mol. The van der Waals surface area contributed by atoms with Crippen LogP contribution < -0.4 is 10.7 Å². The molecule has 3 rings (SSSR count). The molecule has 1 heterocycles. The average Bonchev–Trinajstić information content (AvgIpc) is 2.97. The van der Waals surface area contributed by atoms with Crippen LogP contribution in [0.3, 0.4) is 0 Å². The highest BCUT2D eigenvalue weighted by Crippen LogP contribution is 2.19. The quantitative estimate of drug-likeness (QED) is 0.851. The minimum atomic E-state index is -0.339. The van der Waals surface area contributed by atoms with E-state index in [0.717, 1.165) is 11.3 Å². The maximum atomic E-state index is 11.7. The zero-order valence-electron chi connectivity index (χ0n) is 12.5. The molecule has 1 aliphatic heterocycles. The number of halogens is 1. The summed E-state index contributed by atoms with van der Waals surface area (Å²) in [6.07, 6.45) is -0.339. The van der Waals surface area contributed by atoms with Crippen molar-refractivity contribution in [1.82, 2.24) is 10.4 Å². The van der Waals surface area contributed by atoms with E-state index < -0.39 is 0 Å². The Kier molecular flexibility index (Phi) is 5.00. The van der Waals surface area contributed by atoms with Crippen LogP contribution >= 0.6 is 11.6 Å². The minimum absolute atomic E-state index is 0.0687. The predicted molar refractivity (Wildman–Crippen MR) is 90.3 cm³/mol. The van der Waals surface area contributed by atoms with Gasteiger partial charge in [-0.2, -0.15) is 0 Å². The van der Waals surface area contributed by atoms with Gasteiger partial charge in [-0.05, 0) is 23.8 Å². The van der Waals surface area contributed by atoms with Crippen molar-refractivity contribution < 1.29 is 9.53 Å². The van der Waals surface area contributed by atoms with Gasteiger partial charge in [0.05, 0.1) is 12.6 Å². The second kappa shape index (κ2) is 7.35. The summed E-state index contributed by atoms with van der Waals surface area (Å²) in [5, 5.41) is 5.54. The lowest BCUT2D eigenvalue weighted by molar-refractivity contribution is 0.139. The van der Waals surface area contributed by atoms with Gasteiger partial charge in [-0.15, -0.1) is 0 Å². The molecule has 0 spiro atoms. The van der Waals surface area contributed by atoms with Crippen molar-refractivity contribution in [3.8, 4) is 0 Å². The third kappa shape index (κ3) is 4.15. The molecule has 1 saturated heterocycles. The molecule has 0 unspecified atom stereocenters. The van der Waals surface area contributed by atoms with Crippen molar-refractivity contribution in [2.75, 3.05) is 25.0 Å². The first-order valence-corrected chi connectivity index (χ1v) is 7.85. The Morgan fingerprint density at radius 3 is 2.70 bits per heavy atom. The molecule has 1 amide bonds. The molecular weight excluding hydrogens is 314 g/mol. The standard InChI is InChI=1S/C17H18ClN3O2/c18-14-7-4-8-15(11-14)19-12-16(13-5-2-1-3-6-13)20-21-9-10-23-17(21)22/h1-8,11,16,19-20H,9-10,12H2/t16-/m0/s1. The monoisotopic (exact) mass is 331 g/mol. The van der Waals surface area contributed by atoms with E-state index in [1.54, 1.807) is 0 Å². The number of hydrazine groups is 1. The third-order valence-corrected chi connectivity index (χ3v) is 3.84. The predicted octanol–water partition coefficient (Wildman–Crippen LogP) is 3.45. The molecule has 0 saturated carbocycles. The van der Waals surface area contributed by atoms with Crippen molar-refractivity contribution in [2.45, 2.75) is 6.04 Å². The van der Waals surface area contributed by atoms with Crippen molar-refractivity contribution in [1.29, 1.82) is 0 Å². The maximum Gasteiger partial charge on any atom is 0.424 e. The smallest absolute Gasteiger partial charge is 0.424 e. The van der Waals surface area contributed by atoms with Crippen LogP contribution in [0.5, 0.6) is 0 Å². The SMILES string of the molecule is O=C1OCCN1N[C@@H](CNc1cccc(Cl)c1)c1ccccc1. The first kappa shape index (κ1) is 15.6. The van der Waals surface area contributed by atoms with Gasteiger partial charge in [0, 0.05) is 17.3 Å². The molecule has 2 aromatic rings. The van der Waals surface area contributed by atoms with Gasteiger partial charge in [-0.25, -0.2) is 15.2 Å². The first-order valence-electron chi connectivity index (χ1n) is 7.47. The number of cyclic esters (lactones) is 1. The highest BCUT2D eigenvalue weighted by molar-refractivity contribution is 6.30. The Morgan fingerprint density at radius 2 is 2.00 bits per heavy atom. The fraction of sp³-hybridized carbons (Fsp3) is 0.235. The van der Waals surface area contributed by atoms with E-state index in [1.807, 2.05) is 54.6 Å². The van der Waals surface area contributed by atoms with E-state index in [9.17, 15) is 4.79 Å². The van der Waals surface area contributed by atoms with E-state index in [4.69, 9.17) is 16.3 Å². The first-order chi connectivity index (χ1) is 11.2. The molecule has 1 fully saturated rings. The Balaban J connectivity index is 1.71. The molecule has 0 bridgehead atoms. The van der Waals surface area contributed by atoms with E-state index in [2.05, 4.69) is 10.7 Å². The Bertz CT molecular complexity index is 666. The van der Waals surface area contributed by atoms with E-state index in [-0.39, 0.29) is 12.1 Å². The van der Waals surface area contributed by atoms with Crippen molar-refractivity contribution >= 4 is 23.4 Å². The largest absolute Gasteiger partial charge is 0.447 e. The number of hydrogen-bond donors (Lipinski definition) is 2. The Morgan fingerprint density at radius 1 is 1.17 bits per heavy atom. The summed E-state index contributed by atoms with van der Waals surface area (Å²) in [6.45, 7) is 1.56. The normalized spacial score (nSPS) is 15.3. The number of ether oxygens (including phenoxy) is 1. The molecule has 2 aromatic carbocycles. The highest BCUT2D eigenvalue weighted by atomic mass is 35.5. The summed E-state index contributed by atoms with van der Waals surface area (Å²) in [4.78, 5) is 11.7. The number of rotatable bonds is 6.